The van der Waals surface area contributed by atoms with E-state index >= 15 is 0 Å². The van der Waals surface area contributed by atoms with Crippen molar-refractivity contribution in [3.63, 3.8) is 0 Å². The molecular weight excluding hydrogens is 236 g/mol. The number of amides is 1. The molecule has 7 nitrogen and oxygen atoms in total. The Bertz CT molecular complexity index is 392. The lowest BCUT2D eigenvalue weighted by atomic mass is 10.2. The zero-order valence-electron chi connectivity index (χ0n) is 9.83. The van der Waals surface area contributed by atoms with Crippen LogP contribution in [0.3, 0.4) is 0 Å². The average molecular weight is 252 g/mol. The summed E-state index contributed by atoms with van der Waals surface area (Å²) < 4.78 is 0. The largest absolute Gasteiger partial charge is 0.411 e. The minimum Gasteiger partial charge on any atom is -0.411 e. The Hall–Kier alpha value is -1.99. The molecule has 0 aromatic carbocycles. The van der Waals surface area contributed by atoms with Crippen LogP contribution in [0.1, 0.15) is 16.1 Å². The average Bonchev–Trinajstić information content (AvgIpc) is 2.39. The van der Waals surface area contributed by atoms with Gasteiger partial charge in [-0.2, -0.15) is 0 Å². The molecule has 1 aromatic rings. The van der Waals surface area contributed by atoms with Gasteiger partial charge in [-0.1, -0.05) is 5.16 Å². The van der Waals surface area contributed by atoms with Crippen LogP contribution in [0, 0.1) is 0 Å². The normalized spacial score (nSPS) is 10.7. The molecule has 0 unspecified atom stereocenters. The highest BCUT2D eigenvalue weighted by Crippen LogP contribution is 1.98. The molecule has 0 spiro atoms. The minimum absolute atomic E-state index is 0.0751. The number of nitrogens with one attached hydrogen (secondary N) is 2. The van der Waals surface area contributed by atoms with Crippen LogP contribution >= 0.6 is 0 Å². The lowest BCUT2D eigenvalue weighted by molar-refractivity contribution is 0.0953. The van der Waals surface area contributed by atoms with Crippen molar-refractivity contribution >= 4 is 12.1 Å². The number of nitrogens with zero attached hydrogens (tertiary/aromatic N) is 2. The zero-order valence-corrected chi connectivity index (χ0v) is 9.83. The van der Waals surface area contributed by atoms with E-state index in [1.165, 1.54) is 12.4 Å². The fourth-order valence-corrected chi connectivity index (χ4v) is 1.25. The summed E-state index contributed by atoms with van der Waals surface area (Å²) in [4.78, 5) is 15.6. The summed E-state index contributed by atoms with van der Waals surface area (Å²) in [5, 5.41) is 25.3. The second-order valence-electron chi connectivity index (χ2n) is 3.45. The number of hydrogen-bond donors (Lipinski definition) is 4. The number of aromatic nitrogens is 1. The molecule has 1 amide bonds. The standard InChI is InChI=1S/C11H16N4O3/c16-6-5-12-3-4-13-11(17)9-1-2-10(8-15-18)14-7-9/h1-2,7-8,12,16,18H,3-6H2,(H,13,17)/b15-8+. The number of carbonyl (C=O) groups excluding carboxylic acids is 1. The Labute approximate surface area is 105 Å². The fraction of sp³-hybridized carbons (Fsp3) is 0.364. The topological polar surface area (TPSA) is 107 Å². The number of hydrogen-bond acceptors (Lipinski definition) is 6. The van der Waals surface area contributed by atoms with E-state index in [1.54, 1.807) is 12.1 Å². The first kappa shape index (κ1) is 14.1. The maximum atomic E-state index is 11.6. The van der Waals surface area contributed by atoms with Gasteiger partial charge in [0.1, 0.15) is 0 Å². The Morgan fingerprint density at radius 3 is 2.83 bits per heavy atom. The van der Waals surface area contributed by atoms with Crippen LogP contribution in [-0.4, -0.2) is 53.7 Å². The van der Waals surface area contributed by atoms with Gasteiger partial charge in [0.2, 0.25) is 0 Å². The minimum atomic E-state index is -0.221. The molecule has 0 bridgehead atoms. The van der Waals surface area contributed by atoms with E-state index in [0.717, 1.165) is 0 Å². The summed E-state index contributed by atoms with van der Waals surface area (Å²) in [5.41, 5.74) is 0.908. The van der Waals surface area contributed by atoms with Gasteiger partial charge < -0.3 is 20.9 Å². The van der Waals surface area contributed by atoms with Gasteiger partial charge in [0.25, 0.3) is 5.91 Å². The molecule has 0 aliphatic rings. The number of aliphatic hydroxyl groups is 1. The lowest BCUT2D eigenvalue weighted by Crippen LogP contribution is -2.32. The molecule has 0 aliphatic carbocycles. The van der Waals surface area contributed by atoms with Crippen molar-refractivity contribution in [2.45, 2.75) is 0 Å². The van der Waals surface area contributed by atoms with Crippen molar-refractivity contribution in [2.24, 2.45) is 5.16 Å². The van der Waals surface area contributed by atoms with Crippen molar-refractivity contribution in [2.75, 3.05) is 26.2 Å². The third-order valence-electron chi connectivity index (χ3n) is 2.11. The first-order chi connectivity index (χ1) is 8.77. The summed E-state index contributed by atoms with van der Waals surface area (Å²) in [5.74, 6) is -0.221. The first-order valence-electron chi connectivity index (χ1n) is 5.51. The van der Waals surface area contributed by atoms with Crippen molar-refractivity contribution in [1.29, 1.82) is 0 Å². The third kappa shape index (κ3) is 4.89. The van der Waals surface area contributed by atoms with Crippen LogP contribution in [0.25, 0.3) is 0 Å². The summed E-state index contributed by atoms with van der Waals surface area (Å²) in [6.45, 7) is 1.64. The van der Waals surface area contributed by atoms with E-state index in [-0.39, 0.29) is 12.5 Å². The number of pyridine rings is 1. The van der Waals surface area contributed by atoms with Gasteiger partial charge in [-0.3, -0.25) is 9.78 Å². The number of carbonyl (C=O) groups is 1. The number of aliphatic hydroxyl groups excluding tert-OH is 1. The van der Waals surface area contributed by atoms with Gasteiger partial charge in [-0.25, -0.2) is 0 Å². The third-order valence-corrected chi connectivity index (χ3v) is 2.11. The molecule has 0 saturated heterocycles. The summed E-state index contributed by atoms with van der Waals surface area (Å²) in [6, 6.07) is 3.18. The molecule has 1 aromatic heterocycles. The van der Waals surface area contributed by atoms with Crippen molar-refractivity contribution in [3.05, 3.63) is 29.6 Å². The van der Waals surface area contributed by atoms with Crippen LogP contribution in [0.4, 0.5) is 0 Å². The van der Waals surface area contributed by atoms with Gasteiger partial charge in [0, 0.05) is 25.8 Å². The van der Waals surface area contributed by atoms with Crippen molar-refractivity contribution in [3.8, 4) is 0 Å². The van der Waals surface area contributed by atoms with Crippen molar-refractivity contribution < 1.29 is 15.1 Å². The summed E-state index contributed by atoms with van der Waals surface area (Å²) in [6.07, 6.45) is 2.59. The molecule has 7 heteroatoms. The first-order valence-corrected chi connectivity index (χ1v) is 5.51. The fourth-order valence-electron chi connectivity index (χ4n) is 1.25. The van der Waals surface area contributed by atoms with E-state index in [2.05, 4.69) is 20.8 Å². The highest BCUT2D eigenvalue weighted by molar-refractivity contribution is 5.94. The van der Waals surface area contributed by atoms with E-state index in [0.29, 0.717) is 30.9 Å². The Balaban J connectivity index is 2.37. The predicted molar refractivity (Wildman–Crippen MR) is 65.9 cm³/mol. The summed E-state index contributed by atoms with van der Waals surface area (Å²) >= 11 is 0. The van der Waals surface area contributed by atoms with Gasteiger partial charge in [-0.05, 0) is 12.1 Å². The van der Waals surface area contributed by atoms with E-state index < -0.39 is 0 Å². The Morgan fingerprint density at radius 1 is 1.39 bits per heavy atom. The zero-order chi connectivity index (χ0) is 13.2. The quantitative estimate of drug-likeness (QED) is 0.220. The molecule has 18 heavy (non-hydrogen) atoms. The predicted octanol–water partition coefficient (Wildman–Crippen LogP) is -0.799. The van der Waals surface area contributed by atoms with Gasteiger partial charge >= 0.3 is 0 Å². The monoisotopic (exact) mass is 252 g/mol. The maximum Gasteiger partial charge on any atom is 0.252 e. The van der Waals surface area contributed by atoms with Crippen LogP contribution in [0.2, 0.25) is 0 Å². The smallest absolute Gasteiger partial charge is 0.252 e. The van der Waals surface area contributed by atoms with E-state index in [1.807, 2.05) is 0 Å². The second kappa shape index (κ2) is 8.15. The molecule has 4 N–H and O–H groups in total. The Morgan fingerprint density at radius 2 is 2.22 bits per heavy atom. The highest BCUT2D eigenvalue weighted by Gasteiger charge is 2.04. The molecule has 1 heterocycles. The SMILES string of the molecule is O=C(NCCNCCO)c1ccc(/C=N/O)nc1. The van der Waals surface area contributed by atoms with Crippen LogP contribution in [0.5, 0.6) is 0 Å². The van der Waals surface area contributed by atoms with E-state index in [4.69, 9.17) is 10.3 Å². The van der Waals surface area contributed by atoms with Crippen LogP contribution < -0.4 is 10.6 Å². The number of oxime groups is 1. The van der Waals surface area contributed by atoms with Gasteiger partial charge in [0.15, 0.2) is 0 Å². The van der Waals surface area contributed by atoms with Gasteiger partial charge in [-0.15, -0.1) is 0 Å². The van der Waals surface area contributed by atoms with Crippen molar-refractivity contribution in [1.82, 2.24) is 15.6 Å². The molecule has 0 atom stereocenters. The second-order valence-corrected chi connectivity index (χ2v) is 3.45. The van der Waals surface area contributed by atoms with Crippen LogP contribution in [-0.2, 0) is 0 Å². The molecule has 0 fully saturated rings. The molecule has 0 aliphatic heterocycles. The summed E-state index contributed by atoms with van der Waals surface area (Å²) in [7, 11) is 0. The van der Waals surface area contributed by atoms with Gasteiger partial charge in [0.05, 0.1) is 24.1 Å². The van der Waals surface area contributed by atoms with Crippen LogP contribution in [0.15, 0.2) is 23.5 Å². The van der Waals surface area contributed by atoms with E-state index in [9.17, 15) is 4.79 Å². The number of rotatable bonds is 7. The molecular formula is C11H16N4O3. The Kier molecular flexibility index (Phi) is 6.37. The molecule has 0 saturated carbocycles. The highest BCUT2D eigenvalue weighted by atomic mass is 16.4. The molecule has 0 radical (unpaired) electrons. The molecule has 98 valence electrons. The lowest BCUT2D eigenvalue weighted by Gasteiger charge is -2.05. The molecule has 1 rings (SSSR count). The maximum absolute atomic E-state index is 11.6.